The first kappa shape index (κ1) is 26.0. The van der Waals surface area contributed by atoms with Crippen molar-refractivity contribution in [1.29, 1.82) is 0 Å². The summed E-state index contributed by atoms with van der Waals surface area (Å²) in [6.45, 7) is 6.81. The van der Waals surface area contributed by atoms with E-state index in [1.165, 1.54) is 28.7 Å². The molecule has 0 radical (unpaired) electrons. The molecule has 0 aliphatic carbocycles. The Kier molecular flexibility index (Phi) is 7.30. The Morgan fingerprint density at radius 1 is 1.33 bits per heavy atom. The first-order valence-electron chi connectivity index (χ1n) is 11.3. The molecular formula is C23H28ClN5O6S. The number of hydrogen-bond acceptors (Lipinski definition) is 8. The number of carbonyl (C=O) groups excluding carboxylic acids is 2. The van der Waals surface area contributed by atoms with E-state index in [0.29, 0.717) is 19.6 Å². The lowest BCUT2D eigenvalue weighted by molar-refractivity contribution is -0.124. The Bertz CT molecular complexity index is 1270. The van der Waals surface area contributed by atoms with Gasteiger partial charge in [-0.2, -0.15) is 0 Å². The van der Waals surface area contributed by atoms with Gasteiger partial charge in [-0.25, -0.2) is 18.2 Å². The molecule has 0 spiro atoms. The van der Waals surface area contributed by atoms with Gasteiger partial charge < -0.3 is 14.8 Å². The molecule has 1 saturated heterocycles. The zero-order valence-electron chi connectivity index (χ0n) is 20.2. The number of sulfonamides is 1. The highest BCUT2D eigenvalue weighted by Crippen LogP contribution is 2.37. The number of halogens is 1. The van der Waals surface area contributed by atoms with E-state index in [1.54, 1.807) is 32.9 Å². The second-order valence-electron chi connectivity index (χ2n) is 9.49. The lowest BCUT2D eigenvalue weighted by Gasteiger charge is -2.37. The summed E-state index contributed by atoms with van der Waals surface area (Å²) in [5, 5.41) is 5.62. The maximum absolute atomic E-state index is 13.7. The van der Waals surface area contributed by atoms with Crippen LogP contribution in [0.25, 0.3) is 0 Å². The SMILES string of the molecule is CC(C)(C)OC(=O)Nc1cnc2c(c1)N(S(=O)(=O)c1cccc(Cl)c1)C[C@H](CN1CCNC(=O)C1)O2. The predicted octanol–water partition coefficient (Wildman–Crippen LogP) is 2.47. The second kappa shape index (κ2) is 10.1. The first-order chi connectivity index (χ1) is 16.9. The number of benzene rings is 1. The normalized spacial score (nSPS) is 18.6. The van der Waals surface area contributed by atoms with Crippen molar-refractivity contribution in [3.63, 3.8) is 0 Å². The topological polar surface area (TPSA) is 130 Å². The molecule has 11 nitrogen and oxygen atoms in total. The number of pyridine rings is 1. The van der Waals surface area contributed by atoms with E-state index >= 15 is 0 Å². The summed E-state index contributed by atoms with van der Waals surface area (Å²) in [6.07, 6.45) is 0.0740. The van der Waals surface area contributed by atoms with Gasteiger partial charge in [0.1, 0.15) is 17.4 Å². The first-order valence-corrected chi connectivity index (χ1v) is 13.2. The number of hydrogen-bond donors (Lipinski definition) is 2. The Morgan fingerprint density at radius 3 is 2.81 bits per heavy atom. The summed E-state index contributed by atoms with van der Waals surface area (Å²) in [7, 11) is -4.07. The van der Waals surface area contributed by atoms with E-state index < -0.39 is 27.8 Å². The summed E-state index contributed by atoms with van der Waals surface area (Å²) >= 11 is 6.07. The molecule has 2 aliphatic heterocycles. The van der Waals surface area contributed by atoms with Crippen LogP contribution >= 0.6 is 11.6 Å². The van der Waals surface area contributed by atoms with E-state index in [4.69, 9.17) is 21.1 Å². The maximum Gasteiger partial charge on any atom is 0.412 e. The van der Waals surface area contributed by atoms with Crippen LogP contribution in [0.5, 0.6) is 5.88 Å². The standard InChI is InChI=1S/C23H28ClN5O6S/c1-23(2,3)35-22(31)27-16-10-19-21(26-11-16)34-17(12-28-8-7-25-20(30)14-28)13-29(19)36(32,33)18-6-4-5-15(24)9-18/h4-6,9-11,17H,7-8,12-14H2,1-3H3,(H,25,30)(H,27,31)/t17-/m0/s1. The monoisotopic (exact) mass is 537 g/mol. The van der Waals surface area contributed by atoms with Crippen molar-refractivity contribution in [1.82, 2.24) is 15.2 Å². The summed E-state index contributed by atoms with van der Waals surface area (Å²) in [5.74, 6) is -0.00935. The average Bonchev–Trinajstić information content (AvgIpc) is 2.77. The van der Waals surface area contributed by atoms with Crippen LogP contribution in [0.3, 0.4) is 0 Å². The van der Waals surface area contributed by atoms with Crippen LogP contribution < -0.4 is 19.7 Å². The largest absolute Gasteiger partial charge is 0.470 e. The Balaban J connectivity index is 1.66. The third-order valence-electron chi connectivity index (χ3n) is 5.36. The number of piperazine rings is 1. The molecule has 36 heavy (non-hydrogen) atoms. The second-order valence-corrected chi connectivity index (χ2v) is 11.8. The minimum Gasteiger partial charge on any atom is -0.470 e. The van der Waals surface area contributed by atoms with Crippen LogP contribution in [0, 0.1) is 0 Å². The molecule has 0 unspecified atom stereocenters. The van der Waals surface area contributed by atoms with Gasteiger partial charge in [-0.15, -0.1) is 0 Å². The smallest absolute Gasteiger partial charge is 0.412 e. The van der Waals surface area contributed by atoms with Crippen molar-refractivity contribution in [2.75, 3.05) is 42.3 Å². The van der Waals surface area contributed by atoms with Crippen LogP contribution in [0.2, 0.25) is 5.02 Å². The third kappa shape index (κ3) is 6.18. The van der Waals surface area contributed by atoms with Crippen molar-refractivity contribution in [2.24, 2.45) is 0 Å². The molecule has 0 saturated carbocycles. The minimum absolute atomic E-state index is 0.00412. The number of aromatic nitrogens is 1. The van der Waals surface area contributed by atoms with Gasteiger partial charge in [-0.05, 0) is 45.0 Å². The lowest BCUT2D eigenvalue weighted by atomic mass is 10.2. The summed E-state index contributed by atoms with van der Waals surface area (Å²) in [5.41, 5.74) is -0.310. The Hall–Kier alpha value is -3.09. The molecule has 1 aromatic carbocycles. The summed E-state index contributed by atoms with van der Waals surface area (Å²) < 4.78 is 39.9. The van der Waals surface area contributed by atoms with Crippen molar-refractivity contribution in [3.05, 3.63) is 41.6 Å². The number of amides is 2. The molecule has 3 heterocycles. The number of anilines is 2. The number of rotatable bonds is 5. The fraction of sp³-hybridized carbons (Fsp3) is 0.435. The van der Waals surface area contributed by atoms with Crippen LogP contribution in [0.4, 0.5) is 16.2 Å². The van der Waals surface area contributed by atoms with E-state index in [0.717, 1.165) is 0 Å². The van der Waals surface area contributed by atoms with Crippen LogP contribution in [-0.2, 0) is 19.6 Å². The molecular weight excluding hydrogens is 510 g/mol. The van der Waals surface area contributed by atoms with Crippen molar-refractivity contribution in [2.45, 2.75) is 37.4 Å². The molecule has 0 bridgehead atoms. The molecule has 2 amide bonds. The highest BCUT2D eigenvalue weighted by Gasteiger charge is 2.37. The molecule has 1 fully saturated rings. The van der Waals surface area contributed by atoms with Crippen LogP contribution in [0.1, 0.15) is 20.8 Å². The highest BCUT2D eigenvalue weighted by atomic mass is 35.5. The molecule has 2 N–H and O–H groups in total. The summed E-state index contributed by atoms with van der Waals surface area (Å²) in [6, 6.07) is 7.43. The zero-order chi connectivity index (χ0) is 26.1. The maximum atomic E-state index is 13.7. The molecule has 13 heteroatoms. The fourth-order valence-electron chi connectivity index (χ4n) is 3.89. The van der Waals surface area contributed by atoms with Gasteiger partial charge in [-0.1, -0.05) is 17.7 Å². The van der Waals surface area contributed by atoms with Gasteiger partial charge in [0.25, 0.3) is 10.0 Å². The Morgan fingerprint density at radius 2 is 2.11 bits per heavy atom. The van der Waals surface area contributed by atoms with Crippen molar-refractivity contribution < 1.29 is 27.5 Å². The Labute approximate surface area is 214 Å². The number of carbonyl (C=O) groups is 2. The van der Waals surface area contributed by atoms with Gasteiger partial charge >= 0.3 is 6.09 Å². The van der Waals surface area contributed by atoms with Crippen molar-refractivity contribution in [3.8, 4) is 5.88 Å². The van der Waals surface area contributed by atoms with Gasteiger partial charge in [0.05, 0.1) is 29.9 Å². The molecule has 2 aliphatic rings. The molecule has 1 aromatic heterocycles. The van der Waals surface area contributed by atoms with Crippen molar-refractivity contribution >= 4 is 45.0 Å². The third-order valence-corrected chi connectivity index (χ3v) is 7.37. The van der Waals surface area contributed by atoms with Gasteiger partial charge in [0.15, 0.2) is 0 Å². The number of ether oxygens (including phenoxy) is 2. The van der Waals surface area contributed by atoms with E-state index in [9.17, 15) is 18.0 Å². The zero-order valence-corrected chi connectivity index (χ0v) is 21.7. The van der Waals surface area contributed by atoms with Crippen LogP contribution in [0.15, 0.2) is 41.4 Å². The van der Waals surface area contributed by atoms with E-state index in [2.05, 4.69) is 15.6 Å². The highest BCUT2D eigenvalue weighted by molar-refractivity contribution is 7.92. The molecule has 194 valence electrons. The van der Waals surface area contributed by atoms with Gasteiger partial charge in [0, 0.05) is 24.7 Å². The quantitative estimate of drug-likeness (QED) is 0.595. The average molecular weight is 538 g/mol. The number of nitrogens with zero attached hydrogens (tertiary/aromatic N) is 3. The molecule has 1 atom stereocenters. The fourth-order valence-corrected chi connectivity index (χ4v) is 5.68. The lowest BCUT2D eigenvalue weighted by Crippen LogP contribution is -2.54. The van der Waals surface area contributed by atoms with Gasteiger partial charge in [0.2, 0.25) is 11.8 Å². The molecule has 4 rings (SSSR count). The summed E-state index contributed by atoms with van der Waals surface area (Å²) in [4.78, 5) is 30.2. The van der Waals surface area contributed by atoms with E-state index in [1.807, 2.05) is 4.90 Å². The van der Waals surface area contributed by atoms with Crippen LogP contribution in [-0.4, -0.2) is 74.7 Å². The number of nitrogens with one attached hydrogen (secondary N) is 2. The van der Waals surface area contributed by atoms with E-state index in [-0.39, 0.29) is 46.2 Å². The number of fused-ring (bicyclic) bond motifs is 1. The predicted molar refractivity (Wildman–Crippen MR) is 134 cm³/mol. The minimum atomic E-state index is -4.07. The molecule has 2 aromatic rings. The van der Waals surface area contributed by atoms with Gasteiger partial charge in [-0.3, -0.25) is 19.3 Å².